The van der Waals surface area contributed by atoms with Crippen LogP contribution in [0, 0.1) is 0 Å². The SMILES string of the molecule is CCCCCc1c(/C=C/C(=O)NC(CC)CCCc2cccnc2)n(C)c2cc(OC)ccc12. The molecule has 0 aliphatic rings. The molecule has 0 bridgehead atoms. The van der Waals surface area contributed by atoms with E-state index in [0.717, 1.165) is 55.5 Å². The zero-order valence-corrected chi connectivity index (χ0v) is 21.1. The van der Waals surface area contributed by atoms with E-state index in [1.54, 1.807) is 19.4 Å². The third-order valence-electron chi connectivity index (χ3n) is 6.56. The van der Waals surface area contributed by atoms with Crippen molar-refractivity contribution < 1.29 is 9.53 Å². The molecule has 1 amide bonds. The summed E-state index contributed by atoms with van der Waals surface area (Å²) in [7, 11) is 3.76. The molecule has 0 saturated carbocycles. The molecule has 2 aromatic heterocycles. The summed E-state index contributed by atoms with van der Waals surface area (Å²) in [5.41, 5.74) is 4.78. The highest BCUT2D eigenvalue weighted by Gasteiger charge is 2.15. The highest BCUT2D eigenvalue weighted by Crippen LogP contribution is 2.31. The van der Waals surface area contributed by atoms with Gasteiger partial charge in [0.1, 0.15) is 5.75 Å². The maximum Gasteiger partial charge on any atom is 0.244 e. The molecule has 0 radical (unpaired) electrons. The number of carbonyl (C=O) groups excluding carboxylic acids is 1. The number of methoxy groups -OCH3 is 1. The lowest BCUT2D eigenvalue weighted by Crippen LogP contribution is -2.33. The summed E-state index contributed by atoms with van der Waals surface area (Å²) in [6.07, 6.45) is 15.8. The monoisotopic (exact) mass is 461 g/mol. The minimum Gasteiger partial charge on any atom is -0.497 e. The van der Waals surface area contributed by atoms with Gasteiger partial charge in [-0.05, 0) is 73.9 Å². The van der Waals surface area contributed by atoms with E-state index in [9.17, 15) is 4.79 Å². The number of carbonyl (C=O) groups is 1. The Morgan fingerprint density at radius 1 is 1.18 bits per heavy atom. The fourth-order valence-corrected chi connectivity index (χ4v) is 4.55. The lowest BCUT2D eigenvalue weighted by Gasteiger charge is -2.15. The maximum atomic E-state index is 12.8. The molecule has 0 saturated heterocycles. The van der Waals surface area contributed by atoms with Gasteiger partial charge in [-0.1, -0.05) is 32.8 Å². The Kier molecular flexibility index (Phi) is 9.75. The Hall–Kier alpha value is -3.08. The largest absolute Gasteiger partial charge is 0.497 e. The second-order valence-electron chi connectivity index (χ2n) is 8.96. The number of rotatable bonds is 13. The second kappa shape index (κ2) is 13.0. The number of nitrogens with zero attached hydrogens (tertiary/aromatic N) is 2. The number of hydrogen-bond donors (Lipinski definition) is 1. The number of fused-ring (bicyclic) bond motifs is 1. The quantitative estimate of drug-likeness (QED) is 0.242. The van der Waals surface area contributed by atoms with Gasteiger partial charge in [0.2, 0.25) is 5.91 Å². The van der Waals surface area contributed by atoms with Crippen LogP contribution in [0.4, 0.5) is 0 Å². The Labute approximate surface area is 204 Å². The lowest BCUT2D eigenvalue weighted by atomic mass is 10.0. The number of nitrogens with one attached hydrogen (secondary N) is 1. The summed E-state index contributed by atoms with van der Waals surface area (Å²) < 4.78 is 7.62. The molecule has 1 aromatic carbocycles. The van der Waals surface area contributed by atoms with Crippen molar-refractivity contribution in [2.75, 3.05) is 7.11 Å². The van der Waals surface area contributed by atoms with Crippen molar-refractivity contribution in [1.29, 1.82) is 0 Å². The van der Waals surface area contributed by atoms with E-state index in [1.165, 1.54) is 29.4 Å². The van der Waals surface area contributed by atoms with Crippen LogP contribution in [0.2, 0.25) is 0 Å². The van der Waals surface area contributed by atoms with Gasteiger partial charge in [-0.15, -0.1) is 0 Å². The average molecular weight is 462 g/mol. The first kappa shape index (κ1) is 25.5. The molecule has 1 atom stereocenters. The molecule has 1 unspecified atom stereocenters. The van der Waals surface area contributed by atoms with E-state index in [4.69, 9.17) is 4.74 Å². The Morgan fingerprint density at radius 3 is 2.74 bits per heavy atom. The van der Waals surface area contributed by atoms with Crippen LogP contribution in [0.5, 0.6) is 5.75 Å². The van der Waals surface area contributed by atoms with Crippen molar-refractivity contribution in [2.45, 2.75) is 71.3 Å². The summed E-state index contributed by atoms with van der Waals surface area (Å²) in [5, 5.41) is 4.43. The Balaban J connectivity index is 1.70. The van der Waals surface area contributed by atoms with Gasteiger partial charge < -0.3 is 14.6 Å². The molecular formula is C29H39N3O2. The predicted octanol–water partition coefficient (Wildman–Crippen LogP) is 6.25. The van der Waals surface area contributed by atoms with Crippen LogP contribution in [0.25, 0.3) is 17.0 Å². The summed E-state index contributed by atoms with van der Waals surface area (Å²) in [5.74, 6) is 0.814. The Morgan fingerprint density at radius 2 is 2.03 bits per heavy atom. The average Bonchev–Trinajstić information content (AvgIpc) is 3.13. The van der Waals surface area contributed by atoms with Gasteiger partial charge in [0, 0.05) is 48.7 Å². The van der Waals surface area contributed by atoms with Gasteiger partial charge in [-0.25, -0.2) is 0 Å². The minimum absolute atomic E-state index is 0.0319. The molecule has 2 heterocycles. The normalized spacial score (nSPS) is 12.4. The number of aryl methyl sites for hydroxylation is 3. The zero-order chi connectivity index (χ0) is 24.3. The molecule has 5 nitrogen and oxygen atoms in total. The van der Waals surface area contributed by atoms with E-state index in [0.29, 0.717) is 0 Å². The van der Waals surface area contributed by atoms with E-state index < -0.39 is 0 Å². The smallest absolute Gasteiger partial charge is 0.244 e. The number of benzene rings is 1. The zero-order valence-electron chi connectivity index (χ0n) is 21.1. The predicted molar refractivity (Wildman–Crippen MR) is 141 cm³/mol. The van der Waals surface area contributed by atoms with Crippen molar-refractivity contribution >= 4 is 22.9 Å². The standard InChI is InChI=1S/C29H39N3O2/c1-5-7-8-14-25-26-16-15-24(34-4)20-28(26)32(3)27(25)17-18-29(33)31-23(6-2)13-9-11-22-12-10-19-30-21-22/h10,12,15-21,23H,5-9,11,13-14H2,1-4H3,(H,31,33)/b18-17+. The number of unbranched alkanes of at least 4 members (excludes halogenated alkanes) is 2. The van der Waals surface area contributed by atoms with Crippen molar-refractivity contribution in [2.24, 2.45) is 7.05 Å². The number of ether oxygens (including phenoxy) is 1. The molecule has 5 heteroatoms. The first-order valence-electron chi connectivity index (χ1n) is 12.6. The van der Waals surface area contributed by atoms with Crippen LogP contribution in [-0.4, -0.2) is 28.6 Å². The van der Waals surface area contributed by atoms with Crippen molar-refractivity contribution in [1.82, 2.24) is 14.9 Å². The Bertz CT molecular complexity index is 1090. The van der Waals surface area contributed by atoms with Gasteiger partial charge in [-0.2, -0.15) is 0 Å². The number of hydrogen-bond acceptors (Lipinski definition) is 3. The molecule has 1 N–H and O–H groups in total. The van der Waals surface area contributed by atoms with Crippen LogP contribution in [0.15, 0.2) is 48.8 Å². The highest BCUT2D eigenvalue weighted by atomic mass is 16.5. The van der Waals surface area contributed by atoms with Crippen LogP contribution < -0.4 is 10.1 Å². The van der Waals surface area contributed by atoms with E-state index in [-0.39, 0.29) is 11.9 Å². The minimum atomic E-state index is -0.0319. The van der Waals surface area contributed by atoms with Gasteiger partial charge in [0.05, 0.1) is 12.6 Å². The molecule has 0 spiro atoms. The number of pyridine rings is 1. The molecule has 0 aliphatic carbocycles. The summed E-state index contributed by atoms with van der Waals surface area (Å²) in [4.78, 5) is 17.0. The number of aromatic nitrogens is 2. The van der Waals surface area contributed by atoms with Gasteiger partial charge >= 0.3 is 0 Å². The van der Waals surface area contributed by atoms with Gasteiger partial charge in [0.25, 0.3) is 0 Å². The van der Waals surface area contributed by atoms with Crippen molar-refractivity contribution in [3.8, 4) is 5.75 Å². The topological polar surface area (TPSA) is 56.2 Å². The van der Waals surface area contributed by atoms with Crippen molar-refractivity contribution in [3.63, 3.8) is 0 Å². The maximum absolute atomic E-state index is 12.8. The van der Waals surface area contributed by atoms with Crippen LogP contribution >= 0.6 is 0 Å². The van der Waals surface area contributed by atoms with Crippen LogP contribution in [0.1, 0.15) is 69.2 Å². The lowest BCUT2D eigenvalue weighted by molar-refractivity contribution is -0.117. The molecule has 3 rings (SSSR count). The molecule has 0 aliphatic heterocycles. The van der Waals surface area contributed by atoms with Gasteiger partial charge in [-0.3, -0.25) is 9.78 Å². The van der Waals surface area contributed by atoms with Crippen LogP contribution in [0.3, 0.4) is 0 Å². The van der Waals surface area contributed by atoms with Crippen molar-refractivity contribution in [3.05, 3.63) is 65.6 Å². The van der Waals surface area contributed by atoms with E-state index in [1.807, 2.05) is 24.4 Å². The van der Waals surface area contributed by atoms with E-state index in [2.05, 4.69) is 54.0 Å². The van der Waals surface area contributed by atoms with Gasteiger partial charge in [0.15, 0.2) is 0 Å². The third-order valence-corrected chi connectivity index (χ3v) is 6.56. The fraction of sp³-hybridized carbons (Fsp3) is 0.448. The summed E-state index contributed by atoms with van der Waals surface area (Å²) in [6.45, 7) is 4.35. The first-order chi connectivity index (χ1) is 16.6. The van der Waals surface area contributed by atoms with E-state index >= 15 is 0 Å². The second-order valence-corrected chi connectivity index (χ2v) is 8.96. The molecule has 182 valence electrons. The highest BCUT2D eigenvalue weighted by molar-refractivity contribution is 5.95. The first-order valence-corrected chi connectivity index (χ1v) is 12.6. The third kappa shape index (κ3) is 6.72. The molecule has 3 aromatic rings. The molecule has 0 fully saturated rings. The summed E-state index contributed by atoms with van der Waals surface area (Å²) >= 11 is 0. The summed E-state index contributed by atoms with van der Waals surface area (Å²) in [6, 6.07) is 10.5. The van der Waals surface area contributed by atoms with Crippen LogP contribution in [-0.2, 0) is 24.7 Å². The fourth-order valence-electron chi connectivity index (χ4n) is 4.55. The number of amides is 1. The molecule has 34 heavy (non-hydrogen) atoms. The molecular weight excluding hydrogens is 422 g/mol.